The van der Waals surface area contributed by atoms with Gasteiger partial charge in [0.05, 0.1) is 24.5 Å². The summed E-state index contributed by atoms with van der Waals surface area (Å²) in [4.78, 5) is 40.9. The molecule has 29 heavy (non-hydrogen) atoms. The monoisotopic (exact) mass is 394 g/mol. The second-order valence-corrected chi connectivity index (χ2v) is 6.76. The number of hydrogen-bond acceptors (Lipinski definition) is 6. The van der Waals surface area contributed by atoms with Crippen LogP contribution in [0.15, 0.2) is 59.7 Å². The Labute approximate surface area is 168 Å². The van der Waals surface area contributed by atoms with Gasteiger partial charge in [0, 0.05) is 5.69 Å². The Bertz CT molecular complexity index is 897. The molecule has 3 rings (SSSR count). The maximum absolute atomic E-state index is 12.3. The molecule has 8 heteroatoms. The van der Waals surface area contributed by atoms with Crippen molar-refractivity contribution >= 4 is 29.7 Å². The van der Waals surface area contributed by atoms with Crippen LogP contribution in [0.4, 0.5) is 5.69 Å². The standard InChI is InChI=1S/C21H22N4O4/c22-23-13-15-6-9-16(10-7-15)24-20(27)17-12-18(17)21(28)25-29-19(26)11-8-14-4-2-1-3-5-14/h1-7,9-10,13,17-18H,8,11-12,22H2,(H,24,27)(H,25,28)/t17?,18-/m0/s1. The number of rotatable bonds is 7. The summed E-state index contributed by atoms with van der Waals surface area (Å²) in [6.45, 7) is 0. The summed E-state index contributed by atoms with van der Waals surface area (Å²) in [6.07, 6.45) is 2.59. The van der Waals surface area contributed by atoms with Crippen LogP contribution >= 0.6 is 0 Å². The van der Waals surface area contributed by atoms with Crippen molar-refractivity contribution in [3.05, 3.63) is 65.7 Å². The number of hydrogen-bond donors (Lipinski definition) is 3. The minimum Gasteiger partial charge on any atom is -0.341 e. The van der Waals surface area contributed by atoms with Gasteiger partial charge < -0.3 is 16.0 Å². The van der Waals surface area contributed by atoms with E-state index in [0.29, 0.717) is 18.5 Å². The summed E-state index contributed by atoms with van der Waals surface area (Å²) < 4.78 is 0. The van der Waals surface area contributed by atoms with Crippen molar-refractivity contribution in [2.75, 3.05) is 5.32 Å². The predicted molar refractivity (Wildman–Crippen MR) is 107 cm³/mol. The third-order valence-corrected chi connectivity index (χ3v) is 4.59. The normalized spacial score (nSPS) is 17.5. The lowest BCUT2D eigenvalue weighted by Crippen LogP contribution is -2.30. The highest BCUT2D eigenvalue weighted by molar-refractivity contribution is 5.99. The third-order valence-electron chi connectivity index (χ3n) is 4.59. The van der Waals surface area contributed by atoms with E-state index in [2.05, 4.69) is 15.9 Å². The summed E-state index contributed by atoms with van der Waals surface area (Å²) >= 11 is 0. The molecule has 150 valence electrons. The molecule has 2 aromatic rings. The van der Waals surface area contributed by atoms with E-state index in [4.69, 9.17) is 10.7 Å². The van der Waals surface area contributed by atoms with Crippen molar-refractivity contribution in [3.8, 4) is 0 Å². The molecular formula is C21H22N4O4. The SMILES string of the molecule is NN=Cc1ccc(NC(=O)C2C[C@@H]2C(=O)NOC(=O)CCc2ccccc2)cc1. The van der Waals surface area contributed by atoms with Crippen molar-refractivity contribution in [2.45, 2.75) is 19.3 Å². The Morgan fingerprint density at radius 2 is 1.72 bits per heavy atom. The predicted octanol–water partition coefficient (Wildman–Crippen LogP) is 1.76. The molecule has 1 aliphatic carbocycles. The maximum atomic E-state index is 12.3. The van der Waals surface area contributed by atoms with E-state index in [-0.39, 0.29) is 12.3 Å². The van der Waals surface area contributed by atoms with Crippen LogP contribution in [0.25, 0.3) is 0 Å². The number of nitrogens with one attached hydrogen (secondary N) is 2. The lowest BCUT2D eigenvalue weighted by atomic mass is 10.1. The van der Waals surface area contributed by atoms with Crippen LogP contribution in [0.1, 0.15) is 24.0 Å². The average Bonchev–Trinajstić information content (AvgIpc) is 3.54. The smallest absolute Gasteiger partial charge is 0.332 e. The summed E-state index contributed by atoms with van der Waals surface area (Å²) in [5.74, 6) is 2.91. The molecule has 0 aliphatic heterocycles. The van der Waals surface area contributed by atoms with E-state index in [1.807, 2.05) is 30.3 Å². The van der Waals surface area contributed by atoms with Crippen LogP contribution < -0.4 is 16.6 Å². The van der Waals surface area contributed by atoms with E-state index in [1.165, 1.54) is 6.21 Å². The lowest BCUT2D eigenvalue weighted by molar-refractivity contribution is -0.158. The van der Waals surface area contributed by atoms with Crippen LogP contribution in [-0.2, 0) is 25.6 Å². The molecule has 0 bridgehead atoms. The zero-order valence-electron chi connectivity index (χ0n) is 15.7. The number of nitrogens with two attached hydrogens (primary N) is 1. The average molecular weight is 394 g/mol. The molecule has 1 fully saturated rings. The van der Waals surface area contributed by atoms with Crippen LogP contribution in [0.3, 0.4) is 0 Å². The van der Waals surface area contributed by atoms with Crippen molar-refractivity contribution in [3.63, 3.8) is 0 Å². The van der Waals surface area contributed by atoms with E-state index in [9.17, 15) is 14.4 Å². The highest BCUT2D eigenvalue weighted by Crippen LogP contribution is 2.39. The molecule has 1 aliphatic rings. The van der Waals surface area contributed by atoms with Gasteiger partial charge in [-0.2, -0.15) is 10.6 Å². The van der Waals surface area contributed by atoms with Gasteiger partial charge in [0.1, 0.15) is 0 Å². The lowest BCUT2D eigenvalue weighted by Gasteiger charge is -2.07. The number of aryl methyl sites for hydroxylation is 1. The highest BCUT2D eigenvalue weighted by Gasteiger charge is 2.48. The Balaban J connectivity index is 1.38. The molecule has 0 heterocycles. The first-order valence-electron chi connectivity index (χ1n) is 9.24. The quantitative estimate of drug-likeness (QED) is 0.375. The molecule has 2 amide bonds. The van der Waals surface area contributed by atoms with Crippen molar-refractivity contribution in [1.29, 1.82) is 0 Å². The van der Waals surface area contributed by atoms with Crippen molar-refractivity contribution < 1.29 is 19.2 Å². The number of carbonyl (C=O) groups is 3. The Kier molecular flexibility index (Phi) is 6.57. The fourth-order valence-corrected chi connectivity index (χ4v) is 2.87. The van der Waals surface area contributed by atoms with Gasteiger partial charge in [0.2, 0.25) is 5.91 Å². The van der Waals surface area contributed by atoms with Gasteiger partial charge in [0.25, 0.3) is 5.91 Å². The molecule has 4 N–H and O–H groups in total. The number of anilines is 1. The molecule has 8 nitrogen and oxygen atoms in total. The van der Waals surface area contributed by atoms with Crippen molar-refractivity contribution in [2.24, 2.45) is 22.8 Å². The highest BCUT2D eigenvalue weighted by atomic mass is 16.7. The van der Waals surface area contributed by atoms with Gasteiger partial charge >= 0.3 is 5.97 Å². The van der Waals surface area contributed by atoms with Crippen LogP contribution in [0, 0.1) is 11.8 Å². The van der Waals surface area contributed by atoms with Gasteiger partial charge in [-0.1, -0.05) is 42.5 Å². The van der Waals surface area contributed by atoms with E-state index >= 15 is 0 Å². The number of carbonyl (C=O) groups excluding carboxylic acids is 3. The van der Waals surface area contributed by atoms with Crippen LogP contribution in [-0.4, -0.2) is 24.0 Å². The zero-order chi connectivity index (χ0) is 20.6. The molecule has 2 atom stereocenters. The summed E-state index contributed by atoms with van der Waals surface area (Å²) in [5.41, 5.74) is 4.59. The topological polar surface area (TPSA) is 123 Å². The molecule has 0 spiro atoms. The van der Waals surface area contributed by atoms with Gasteiger partial charge in [-0.25, -0.2) is 4.79 Å². The van der Waals surface area contributed by atoms with E-state index in [0.717, 1.165) is 11.1 Å². The van der Waals surface area contributed by atoms with Crippen molar-refractivity contribution in [1.82, 2.24) is 5.48 Å². The minimum absolute atomic E-state index is 0.156. The fraction of sp³-hybridized carbons (Fsp3) is 0.238. The zero-order valence-corrected chi connectivity index (χ0v) is 15.7. The Morgan fingerprint density at radius 1 is 1.03 bits per heavy atom. The molecule has 1 unspecified atom stereocenters. The largest absolute Gasteiger partial charge is 0.341 e. The van der Waals surface area contributed by atoms with Gasteiger partial charge in [-0.3, -0.25) is 9.59 Å². The maximum Gasteiger partial charge on any atom is 0.332 e. The molecule has 2 aromatic carbocycles. The molecule has 0 aromatic heterocycles. The van der Waals surface area contributed by atoms with Crippen LogP contribution in [0.5, 0.6) is 0 Å². The van der Waals surface area contributed by atoms with E-state index < -0.39 is 23.7 Å². The first-order chi connectivity index (χ1) is 14.1. The third kappa shape index (κ3) is 5.90. The number of hydrazone groups is 1. The second kappa shape index (κ2) is 9.50. The summed E-state index contributed by atoms with van der Waals surface area (Å²) in [5, 5.41) is 6.19. The van der Waals surface area contributed by atoms with Gasteiger partial charge in [-0.05, 0) is 36.1 Å². The second-order valence-electron chi connectivity index (χ2n) is 6.76. The number of hydroxylamine groups is 1. The fourth-order valence-electron chi connectivity index (χ4n) is 2.87. The molecule has 0 radical (unpaired) electrons. The van der Waals surface area contributed by atoms with Gasteiger partial charge in [0.15, 0.2) is 0 Å². The van der Waals surface area contributed by atoms with Gasteiger partial charge in [-0.15, -0.1) is 0 Å². The summed E-state index contributed by atoms with van der Waals surface area (Å²) in [7, 11) is 0. The molecule has 0 saturated heterocycles. The number of amides is 2. The number of nitrogens with zero attached hydrogens (tertiary/aromatic N) is 1. The molecule has 1 saturated carbocycles. The number of benzene rings is 2. The Hall–Kier alpha value is -3.68. The first-order valence-corrected chi connectivity index (χ1v) is 9.24. The van der Waals surface area contributed by atoms with Crippen LogP contribution in [0.2, 0.25) is 0 Å². The Morgan fingerprint density at radius 3 is 2.41 bits per heavy atom. The minimum atomic E-state index is -0.523. The van der Waals surface area contributed by atoms with E-state index in [1.54, 1.807) is 24.3 Å². The molecular weight excluding hydrogens is 372 g/mol. The first kappa shape index (κ1) is 20.1. The summed E-state index contributed by atoms with van der Waals surface area (Å²) in [6, 6.07) is 16.5.